The molecule has 1 unspecified atom stereocenters. The van der Waals surface area contributed by atoms with Gasteiger partial charge in [0.25, 0.3) is 11.8 Å². The summed E-state index contributed by atoms with van der Waals surface area (Å²) in [6.45, 7) is -0.0428. The average Bonchev–Trinajstić information content (AvgIpc) is 3.16. The van der Waals surface area contributed by atoms with Crippen LogP contribution in [0.5, 0.6) is 0 Å². The number of amides is 4. The van der Waals surface area contributed by atoms with E-state index < -0.39 is 28.7 Å². The highest BCUT2D eigenvalue weighted by Crippen LogP contribution is 2.39. The van der Waals surface area contributed by atoms with E-state index in [4.69, 9.17) is 11.6 Å². The molecule has 35 heavy (non-hydrogen) atoms. The first-order chi connectivity index (χ1) is 16.4. The Morgan fingerprint density at radius 2 is 1.83 bits per heavy atom. The molecule has 1 N–H and O–H groups in total. The molecule has 4 rings (SSSR count). The number of nitrogens with one attached hydrogen (secondary N) is 1. The van der Waals surface area contributed by atoms with E-state index in [0.717, 1.165) is 16.9 Å². The lowest BCUT2D eigenvalue weighted by atomic mass is 9.55. The molecule has 2 aromatic rings. The maximum Gasteiger partial charge on any atom is 0.349 e. The van der Waals surface area contributed by atoms with Gasteiger partial charge in [-0.05, 0) is 35.1 Å². The zero-order valence-electron chi connectivity index (χ0n) is 19.4. The molecule has 0 radical (unpaired) electrons. The van der Waals surface area contributed by atoms with Crippen molar-refractivity contribution in [1.82, 2.24) is 15.0 Å². The Morgan fingerprint density at radius 3 is 2.49 bits per heavy atom. The fraction of sp³-hybridized carbons (Fsp3) is 0.273. The van der Waals surface area contributed by atoms with E-state index in [1.807, 2.05) is 0 Å². The summed E-state index contributed by atoms with van der Waals surface area (Å²) < 4.78 is 29.0. The average molecular weight is 497 g/mol. The standard InChI is InChI=1S/C22H21B3ClF2N3O4/c23-16-8-17(32)31(25)20(35)21(16,24)30-10-12-7-11(1-6-15(12)18(30)33)9-29-19(34)22(27,28)13-2-4-14(26)5-3-13/h1-7,16H,8-10,23-25H2,(H,29,34)/t16?,21-/m1/s1. The molecule has 7 nitrogen and oxygen atoms in total. The van der Waals surface area contributed by atoms with Gasteiger partial charge in [0.05, 0.1) is 5.44 Å². The van der Waals surface area contributed by atoms with Crippen molar-refractivity contribution in [3.8, 4) is 0 Å². The molecule has 2 aromatic carbocycles. The van der Waals surface area contributed by atoms with Crippen molar-refractivity contribution in [2.75, 3.05) is 0 Å². The van der Waals surface area contributed by atoms with Crippen LogP contribution in [-0.4, -0.2) is 62.5 Å². The Hall–Kier alpha value is -3.14. The number of alkyl halides is 2. The van der Waals surface area contributed by atoms with Gasteiger partial charge in [-0.15, -0.1) is 0 Å². The fourth-order valence-electron chi connectivity index (χ4n) is 4.59. The summed E-state index contributed by atoms with van der Waals surface area (Å²) in [4.78, 5) is 53.0. The highest BCUT2D eigenvalue weighted by atomic mass is 35.5. The van der Waals surface area contributed by atoms with Crippen molar-refractivity contribution in [1.29, 1.82) is 0 Å². The van der Waals surface area contributed by atoms with Gasteiger partial charge >= 0.3 is 5.92 Å². The number of fused-ring (bicyclic) bond motifs is 1. The van der Waals surface area contributed by atoms with Crippen LogP contribution < -0.4 is 5.32 Å². The van der Waals surface area contributed by atoms with E-state index >= 15 is 0 Å². The van der Waals surface area contributed by atoms with Gasteiger partial charge in [0.15, 0.2) is 0 Å². The third-order valence-electron chi connectivity index (χ3n) is 7.03. The minimum Gasteiger partial charge on any atom is -0.346 e. The second-order valence-electron chi connectivity index (χ2n) is 9.16. The minimum atomic E-state index is -3.75. The van der Waals surface area contributed by atoms with Crippen LogP contribution in [0, 0.1) is 0 Å². The molecule has 0 aromatic heterocycles. The van der Waals surface area contributed by atoms with Crippen LogP contribution in [-0.2, 0) is 33.4 Å². The summed E-state index contributed by atoms with van der Waals surface area (Å²) in [5.41, 5.74) is -0.135. The molecule has 0 saturated carbocycles. The molecule has 0 spiro atoms. The highest BCUT2D eigenvalue weighted by Gasteiger charge is 2.53. The maximum absolute atomic E-state index is 14.5. The lowest BCUT2D eigenvalue weighted by molar-refractivity contribution is -0.148. The fourth-order valence-corrected chi connectivity index (χ4v) is 4.71. The van der Waals surface area contributed by atoms with Crippen molar-refractivity contribution in [2.45, 2.75) is 36.7 Å². The van der Waals surface area contributed by atoms with Crippen LogP contribution in [0.2, 0.25) is 10.8 Å². The van der Waals surface area contributed by atoms with Crippen molar-refractivity contribution < 1.29 is 28.0 Å². The predicted molar refractivity (Wildman–Crippen MR) is 132 cm³/mol. The zero-order chi connectivity index (χ0) is 25.7. The molecule has 4 amide bonds. The SMILES string of the molecule is BC1CC(=O)N(B)C(=O)[C@]1(B)N1Cc2cc(CNC(=O)C(F)(F)c3ccc(Cl)cc3)ccc2C1=O. The van der Waals surface area contributed by atoms with E-state index in [2.05, 4.69) is 5.32 Å². The number of rotatable bonds is 5. The third kappa shape index (κ3) is 4.13. The Kier molecular flexibility index (Phi) is 6.29. The molecule has 13 heteroatoms. The van der Waals surface area contributed by atoms with Crippen LogP contribution in [0.3, 0.4) is 0 Å². The Morgan fingerprint density at radius 1 is 1.17 bits per heavy atom. The highest BCUT2D eigenvalue weighted by molar-refractivity contribution is 6.42. The molecule has 178 valence electrons. The zero-order valence-corrected chi connectivity index (χ0v) is 20.2. The van der Waals surface area contributed by atoms with E-state index in [-0.39, 0.29) is 42.2 Å². The lowest BCUT2D eigenvalue weighted by Crippen LogP contribution is -2.66. The molecule has 1 saturated heterocycles. The molecule has 2 aliphatic rings. The monoisotopic (exact) mass is 497 g/mol. The van der Waals surface area contributed by atoms with Gasteiger partial charge in [0.2, 0.25) is 19.8 Å². The normalized spacial score (nSPS) is 22.4. The van der Waals surface area contributed by atoms with E-state index in [9.17, 15) is 28.0 Å². The number of hydrogen-bond donors (Lipinski definition) is 1. The maximum atomic E-state index is 14.5. The van der Waals surface area contributed by atoms with Gasteiger partial charge < -0.3 is 15.0 Å². The lowest BCUT2D eigenvalue weighted by Gasteiger charge is -2.47. The summed E-state index contributed by atoms with van der Waals surface area (Å²) in [5, 5.41) is 2.52. The second-order valence-corrected chi connectivity index (χ2v) is 9.59. The number of imide groups is 1. The second kappa shape index (κ2) is 8.82. The first-order valence-corrected chi connectivity index (χ1v) is 11.4. The molecule has 2 heterocycles. The van der Waals surface area contributed by atoms with Crippen molar-refractivity contribution in [3.05, 3.63) is 69.7 Å². The molecule has 2 atom stereocenters. The van der Waals surface area contributed by atoms with Gasteiger partial charge in [-0.2, -0.15) is 8.78 Å². The number of nitrogens with zero attached hydrogens (tertiary/aromatic N) is 2. The van der Waals surface area contributed by atoms with Gasteiger partial charge in [0, 0.05) is 35.7 Å². The number of hydrogen-bond acceptors (Lipinski definition) is 4. The molecular weight excluding hydrogens is 476 g/mol. The Balaban J connectivity index is 1.50. The largest absolute Gasteiger partial charge is 0.349 e. The summed E-state index contributed by atoms with van der Waals surface area (Å²) in [5.74, 6) is -6.67. The molecule has 2 aliphatic heterocycles. The van der Waals surface area contributed by atoms with Gasteiger partial charge in [0.1, 0.15) is 15.7 Å². The molecule has 0 bridgehead atoms. The van der Waals surface area contributed by atoms with Crippen LogP contribution in [0.15, 0.2) is 42.5 Å². The van der Waals surface area contributed by atoms with Crippen molar-refractivity contribution in [3.63, 3.8) is 0 Å². The van der Waals surface area contributed by atoms with Gasteiger partial charge in [-0.3, -0.25) is 19.2 Å². The predicted octanol–water partition coefficient (Wildman–Crippen LogP) is -0.238. The third-order valence-corrected chi connectivity index (χ3v) is 7.28. The first kappa shape index (κ1) is 25.0. The van der Waals surface area contributed by atoms with Crippen LogP contribution in [0.25, 0.3) is 0 Å². The van der Waals surface area contributed by atoms with Crippen molar-refractivity contribution >= 4 is 58.9 Å². The molecule has 1 fully saturated rings. The van der Waals surface area contributed by atoms with Crippen LogP contribution >= 0.6 is 11.6 Å². The number of carbonyl (C=O) groups is 4. The van der Waals surface area contributed by atoms with Gasteiger partial charge in [-0.1, -0.05) is 35.9 Å². The summed E-state index contributed by atoms with van der Waals surface area (Å²) in [7, 11) is 4.83. The Labute approximate surface area is 208 Å². The smallest absolute Gasteiger partial charge is 0.346 e. The molecule has 0 aliphatic carbocycles. The van der Waals surface area contributed by atoms with E-state index in [1.165, 1.54) is 25.0 Å². The summed E-state index contributed by atoms with van der Waals surface area (Å²) >= 11 is 5.73. The van der Waals surface area contributed by atoms with Crippen LogP contribution in [0.1, 0.15) is 33.5 Å². The quantitative estimate of drug-likeness (QED) is 0.457. The number of benzene rings is 2. The van der Waals surface area contributed by atoms with Gasteiger partial charge in [-0.25, -0.2) is 0 Å². The number of halogens is 3. The Bertz CT molecular complexity index is 1250. The summed E-state index contributed by atoms with van der Waals surface area (Å²) in [6, 6.07) is 9.55. The minimum absolute atomic E-state index is 0.130. The number of carbonyl (C=O) groups excluding carboxylic acids is 4. The number of piperidine rings is 1. The molecular formula is C22H21B3ClF2N3O4. The van der Waals surface area contributed by atoms with E-state index in [0.29, 0.717) is 16.7 Å². The van der Waals surface area contributed by atoms with E-state index in [1.54, 1.807) is 33.9 Å². The van der Waals surface area contributed by atoms with Crippen LogP contribution in [0.4, 0.5) is 8.78 Å². The first-order valence-electron chi connectivity index (χ1n) is 11.0. The summed E-state index contributed by atoms with van der Waals surface area (Å²) in [6.07, 6.45) is 0.137. The topological polar surface area (TPSA) is 86.8 Å². The van der Waals surface area contributed by atoms with Crippen molar-refractivity contribution in [2.24, 2.45) is 0 Å².